The van der Waals surface area contributed by atoms with E-state index in [2.05, 4.69) is 17.6 Å². The number of ether oxygens (including phenoxy) is 1. The Bertz CT molecular complexity index is 540. The van der Waals surface area contributed by atoms with Crippen molar-refractivity contribution in [2.24, 2.45) is 5.84 Å². The van der Waals surface area contributed by atoms with Crippen LogP contribution >= 0.6 is 0 Å². The van der Waals surface area contributed by atoms with Crippen molar-refractivity contribution >= 4 is 5.69 Å². The second-order valence-electron chi connectivity index (χ2n) is 4.73. The van der Waals surface area contributed by atoms with Gasteiger partial charge in [0.15, 0.2) is 0 Å². The monoisotopic (exact) mass is 271 g/mol. The first-order valence-corrected chi connectivity index (χ1v) is 6.68. The number of hydrogen-bond acceptors (Lipinski definition) is 4. The van der Waals surface area contributed by atoms with Crippen molar-refractivity contribution in [2.75, 3.05) is 12.8 Å². The molecule has 1 unspecified atom stereocenters. The van der Waals surface area contributed by atoms with Crippen LogP contribution in [0.1, 0.15) is 23.6 Å². The van der Waals surface area contributed by atoms with Crippen molar-refractivity contribution in [3.8, 4) is 5.75 Å². The van der Waals surface area contributed by atoms with Crippen LogP contribution in [0, 0.1) is 0 Å². The summed E-state index contributed by atoms with van der Waals surface area (Å²) in [5, 5.41) is 0. The fraction of sp³-hybridized carbons (Fsp3) is 0.250. The van der Waals surface area contributed by atoms with Crippen LogP contribution < -0.4 is 21.7 Å². The highest BCUT2D eigenvalue weighted by Gasteiger charge is 2.12. The molecule has 0 aliphatic heterocycles. The fourth-order valence-electron chi connectivity index (χ4n) is 2.26. The van der Waals surface area contributed by atoms with Gasteiger partial charge in [0.05, 0.1) is 7.11 Å². The van der Waals surface area contributed by atoms with Gasteiger partial charge in [-0.1, -0.05) is 30.3 Å². The van der Waals surface area contributed by atoms with Gasteiger partial charge < -0.3 is 10.5 Å². The standard InChI is InChI=1S/C16H21N3O/c1-20-13-9-6-12(7-10-13)8-11-16(19-18)14-4-2-3-5-15(14)17/h2-7,9-10,16,19H,8,11,17-18H2,1H3. The third kappa shape index (κ3) is 3.50. The van der Waals surface area contributed by atoms with Crippen LogP contribution in [-0.4, -0.2) is 7.11 Å². The molecule has 0 aromatic heterocycles. The first-order valence-electron chi connectivity index (χ1n) is 6.68. The molecule has 1 atom stereocenters. The Morgan fingerprint density at radius 2 is 1.80 bits per heavy atom. The van der Waals surface area contributed by atoms with Crippen molar-refractivity contribution in [3.05, 3.63) is 59.7 Å². The fourth-order valence-corrected chi connectivity index (χ4v) is 2.26. The van der Waals surface area contributed by atoms with Crippen molar-refractivity contribution < 1.29 is 4.74 Å². The molecule has 0 bridgehead atoms. The molecular formula is C16H21N3O. The number of aryl methyl sites for hydroxylation is 1. The molecule has 0 fully saturated rings. The number of nitrogens with two attached hydrogens (primary N) is 2. The lowest BCUT2D eigenvalue weighted by Crippen LogP contribution is -2.29. The highest BCUT2D eigenvalue weighted by atomic mass is 16.5. The molecule has 0 saturated carbocycles. The van der Waals surface area contributed by atoms with Crippen molar-refractivity contribution in [2.45, 2.75) is 18.9 Å². The summed E-state index contributed by atoms with van der Waals surface area (Å²) in [6, 6.07) is 15.9. The number of rotatable bonds is 6. The quantitative estimate of drug-likeness (QED) is 0.428. The first-order chi connectivity index (χ1) is 9.74. The third-order valence-corrected chi connectivity index (χ3v) is 3.45. The van der Waals surface area contributed by atoms with Gasteiger partial charge in [0.1, 0.15) is 5.75 Å². The lowest BCUT2D eigenvalue weighted by molar-refractivity contribution is 0.414. The van der Waals surface area contributed by atoms with Crippen molar-refractivity contribution in [1.82, 2.24) is 5.43 Å². The molecule has 5 N–H and O–H groups in total. The zero-order chi connectivity index (χ0) is 14.4. The average Bonchev–Trinajstić information content (AvgIpc) is 2.50. The molecule has 0 heterocycles. The third-order valence-electron chi connectivity index (χ3n) is 3.45. The number of methoxy groups -OCH3 is 1. The van der Waals surface area contributed by atoms with Crippen LogP contribution in [0.5, 0.6) is 5.75 Å². The summed E-state index contributed by atoms with van der Waals surface area (Å²) in [6.07, 6.45) is 1.81. The number of para-hydroxylation sites is 1. The number of anilines is 1. The Labute approximate surface area is 119 Å². The van der Waals surface area contributed by atoms with Crippen molar-refractivity contribution in [3.63, 3.8) is 0 Å². The Hall–Kier alpha value is -2.04. The number of nitrogens with one attached hydrogen (secondary N) is 1. The van der Waals surface area contributed by atoms with E-state index in [-0.39, 0.29) is 6.04 Å². The molecule has 4 heteroatoms. The summed E-state index contributed by atoms with van der Waals surface area (Å²) in [4.78, 5) is 0. The lowest BCUT2D eigenvalue weighted by atomic mass is 9.98. The molecule has 2 aromatic carbocycles. The van der Waals surface area contributed by atoms with Crippen LogP contribution in [0.3, 0.4) is 0 Å². The van der Waals surface area contributed by atoms with Gasteiger partial charge in [-0.05, 0) is 42.2 Å². The maximum Gasteiger partial charge on any atom is 0.118 e. The second kappa shape index (κ2) is 6.93. The molecular weight excluding hydrogens is 250 g/mol. The van der Waals surface area contributed by atoms with E-state index in [1.807, 2.05) is 36.4 Å². The Morgan fingerprint density at radius 3 is 2.40 bits per heavy atom. The summed E-state index contributed by atoms with van der Waals surface area (Å²) in [6.45, 7) is 0. The summed E-state index contributed by atoms with van der Waals surface area (Å²) in [7, 11) is 1.67. The average molecular weight is 271 g/mol. The number of hydrogen-bond donors (Lipinski definition) is 3. The first kappa shape index (κ1) is 14.4. The van der Waals surface area contributed by atoms with E-state index in [1.54, 1.807) is 7.11 Å². The molecule has 2 aromatic rings. The van der Waals surface area contributed by atoms with E-state index in [1.165, 1.54) is 5.56 Å². The maximum atomic E-state index is 5.99. The molecule has 0 aliphatic carbocycles. The summed E-state index contributed by atoms with van der Waals surface area (Å²) >= 11 is 0. The van der Waals surface area contributed by atoms with Crippen LogP contribution in [0.15, 0.2) is 48.5 Å². The van der Waals surface area contributed by atoms with Gasteiger partial charge in [-0.3, -0.25) is 11.3 Å². The van der Waals surface area contributed by atoms with Crippen LogP contribution in [-0.2, 0) is 6.42 Å². The molecule has 0 aliphatic rings. The Morgan fingerprint density at radius 1 is 1.10 bits per heavy atom. The lowest BCUT2D eigenvalue weighted by Gasteiger charge is -2.18. The van der Waals surface area contributed by atoms with E-state index in [4.69, 9.17) is 16.3 Å². The summed E-state index contributed by atoms with van der Waals surface area (Å²) < 4.78 is 5.15. The van der Waals surface area contributed by atoms with Gasteiger partial charge in [0, 0.05) is 11.7 Å². The van der Waals surface area contributed by atoms with Gasteiger partial charge in [-0.25, -0.2) is 0 Å². The molecule has 0 amide bonds. The molecule has 4 nitrogen and oxygen atoms in total. The highest BCUT2D eigenvalue weighted by Crippen LogP contribution is 2.24. The van der Waals surface area contributed by atoms with Crippen molar-refractivity contribution in [1.29, 1.82) is 0 Å². The Kier molecular flexibility index (Phi) is 4.98. The van der Waals surface area contributed by atoms with E-state index in [0.717, 1.165) is 29.8 Å². The normalized spacial score (nSPS) is 12.1. The van der Waals surface area contributed by atoms with Crippen LogP contribution in [0.25, 0.3) is 0 Å². The zero-order valence-electron chi connectivity index (χ0n) is 11.7. The predicted octanol–water partition coefficient (Wildman–Crippen LogP) is 2.41. The SMILES string of the molecule is COc1ccc(CCC(NN)c2ccccc2N)cc1. The summed E-state index contributed by atoms with van der Waals surface area (Å²) in [5.74, 6) is 6.53. The van der Waals surface area contributed by atoms with Gasteiger partial charge in [0.2, 0.25) is 0 Å². The van der Waals surface area contributed by atoms with E-state index >= 15 is 0 Å². The molecule has 0 radical (unpaired) electrons. The van der Waals surface area contributed by atoms with Crippen LogP contribution in [0.2, 0.25) is 0 Å². The van der Waals surface area contributed by atoms with Gasteiger partial charge in [0.25, 0.3) is 0 Å². The predicted molar refractivity (Wildman–Crippen MR) is 82.2 cm³/mol. The zero-order valence-corrected chi connectivity index (χ0v) is 11.7. The minimum atomic E-state index is 0.0540. The van der Waals surface area contributed by atoms with E-state index < -0.39 is 0 Å². The number of hydrazine groups is 1. The maximum absolute atomic E-state index is 5.99. The summed E-state index contributed by atoms with van der Waals surface area (Å²) in [5.41, 5.74) is 11.9. The van der Waals surface area contributed by atoms with Gasteiger partial charge in [-0.15, -0.1) is 0 Å². The molecule has 106 valence electrons. The molecule has 0 saturated heterocycles. The van der Waals surface area contributed by atoms with E-state index in [0.29, 0.717) is 0 Å². The van der Waals surface area contributed by atoms with Gasteiger partial charge in [-0.2, -0.15) is 0 Å². The largest absolute Gasteiger partial charge is 0.497 e. The molecule has 2 rings (SSSR count). The number of nitrogen functional groups attached to an aromatic ring is 1. The minimum Gasteiger partial charge on any atom is -0.497 e. The van der Waals surface area contributed by atoms with Gasteiger partial charge >= 0.3 is 0 Å². The van der Waals surface area contributed by atoms with E-state index in [9.17, 15) is 0 Å². The van der Waals surface area contributed by atoms with Crippen LogP contribution in [0.4, 0.5) is 5.69 Å². The highest BCUT2D eigenvalue weighted by molar-refractivity contribution is 5.48. The minimum absolute atomic E-state index is 0.0540. The second-order valence-corrected chi connectivity index (χ2v) is 4.73. The topological polar surface area (TPSA) is 73.3 Å². The number of benzene rings is 2. The molecule has 20 heavy (non-hydrogen) atoms. The Balaban J connectivity index is 2.02. The molecule has 0 spiro atoms. The smallest absolute Gasteiger partial charge is 0.118 e.